The molecule has 26 heavy (non-hydrogen) atoms. The topological polar surface area (TPSA) is 82.1 Å². The molecule has 0 bridgehead atoms. The SMILES string of the molecule is CN=C(NCC1(CS(C)(=O)=O)CC1)N1CC(=O)N(C(C)C)C(C)(C)C1.I. The van der Waals surface area contributed by atoms with Crippen LogP contribution in [0.3, 0.4) is 0 Å². The minimum atomic E-state index is -3.00. The molecule has 0 spiro atoms. The van der Waals surface area contributed by atoms with Crippen molar-refractivity contribution in [3.63, 3.8) is 0 Å². The van der Waals surface area contributed by atoms with Crippen molar-refractivity contribution in [2.45, 2.75) is 52.1 Å². The summed E-state index contributed by atoms with van der Waals surface area (Å²) in [5, 5.41) is 3.31. The van der Waals surface area contributed by atoms with Crippen molar-refractivity contribution in [2.75, 3.05) is 38.7 Å². The molecule has 0 aromatic carbocycles. The molecule has 2 aliphatic rings. The maximum Gasteiger partial charge on any atom is 0.242 e. The summed E-state index contributed by atoms with van der Waals surface area (Å²) in [6, 6.07) is 0.157. The number of hydrogen-bond acceptors (Lipinski definition) is 4. The molecule has 0 atom stereocenters. The molecule has 0 unspecified atom stereocenters. The van der Waals surface area contributed by atoms with Crippen molar-refractivity contribution in [3.8, 4) is 0 Å². The fraction of sp³-hybridized carbons (Fsp3) is 0.882. The van der Waals surface area contributed by atoms with Crippen LogP contribution < -0.4 is 5.32 Å². The van der Waals surface area contributed by atoms with Gasteiger partial charge in [0.2, 0.25) is 5.91 Å². The summed E-state index contributed by atoms with van der Waals surface area (Å²) in [7, 11) is -1.30. The van der Waals surface area contributed by atoms with Crippen molar-refractivity contribution in [3.05, 3.63) is 0 Å². The third-order valence-electron chi connectivity index (χ3n) is 5.00. The van der Waals surface area contributed by atoms with E-state index in [4.69, 9.17) is 0 Å². The number of piperazine rings is 1. The van der Waals surface area contributed by atoms with Crippen LogP contribution in [0.15, 0.2) is 4.99 Å². The first-order valence-corrected chi connectivity index (χ1v) is 10.9. The zero-order valence-electron chi connectivity index (χ0n) is 16.7. The molecule has 0 aromatic rings. The van der Waals surface area contributed by atoms with E-state index in [0.717, 1.165) is 12.8 Å². The predicted octanol–water partition coefficient (Wildman–Crippen LogP) is 1.34. The Labute approximate surface area is 174 Å². The Morgan fingerprint density at radius 1 is 1.31 bits per heavy atom. The molecule has 0 aromatic heterocycles. The number of guanidine groups is 1. The quantitative estimate of drug-likeness (QED) is 0.350. The molecule has 1 aliphatic carbocycles. The van der Waals surface area contributed by atoms with E-state index in [0.29, 0.717) is 25.6 Å². The predicted molar refractivity (Wildman–Crippen MR) is 116 cm³/mol. The average molecular weight is 500 g/mol. The highest BCUT2D eigenvalue weighted by molar-refractivity contribution is 14.0. The summed E-state index contributed by atoms with van der Waals surface area (Å²) in [6.07, 6.45) is 3.11. The minimum Gasteiger partial charge on any atom is -0.356 e. The lowest BCUT2D eigenvalue weighted by Gasteiger charge is -2.49. The van der Waals surface area contributed by atoms with Crippen molar-refractivity contribution < 1.29 is 13.2 Å². The van der Waals surface area contributed by atoms with E-state index in [1.165, 1.54) is 6.26 Å². The maximum absolute atomic E-state index is 12.6. The first-order valence-electron chi connectivity index (χ1n) is 8.85. The minimum absolute atomic E-state index is 0. The van der Waals surface area contributed by atoms with Crippen LogP contribution >= 0.6 is 24.0 Å². The Hall–Kier alpha value is -0.580. The number of nitrogens with one attached hydrogen (secondary N) is 1. The second-order valence-corrected chi connectivity index (χ2v) is 10.6. The molecule has 9 heteroatoms. The fourth-order valence-electron chi connectivity index (χ4n) is 4.02. The molecule has 1 aliphatic heterocycles. The zero-order valence-corrected chi connectivity index (χ0v) is 19.8. The van der Waals surface area contributed by atoms with Gasteiger partial charge in [-0.1, -0.05) is 0 Å². The van der Waals surface area contributed by atoms with Crippen molar-refractivity contribution in [1.82, 2.24) is 15.1 Å². The molecule has 0 radical (unpaired) electrons. The summed E-state index contributed by atoms with van der Waals surface area (Å²) < 4.78 is 23.2. The lowest BCUT2D eigenvalue weighted by atomic mass is 9.96. The van der Waals surface area contributed by atoms with Gasteiger partial charge >= 0.3 is 0 Å². The van der Waals surface area contributed by atoms with E-state index in [9.17, 15) is 13.2 Å². The van der Waals surface area contributed by atoms with Crippen LogP contribution in [0.5, 0.6) is 0 Å². The van der Waals surface area contributed by atoms with E-state index in [2.05, 4.69) is 24.2 Å². The summed E-state index contributed by atoms with van der Waals surface area (Å²) in [5.74, 6) is 0.964. The van der Waals surface area contributed by atoms with Crippen LogP contribution in [0.25, 0.3) is 0 Å². The first kappa shape index (κ1) is 23.5. The number of halogens is 1. The third-order valence-corrected chi connectivity index (χ3v) is 6.14. The number of aliphatic imine (C=N–C) groups is 1. The number of carbonyl (C=O) groups is 1. The monoisotopic (exact) mass is 500 g/mol. The molecule has 2 rings (SSSR count). The highest BCUT2D eigenvalue weighted by Gasteiger charge is 2.46. The molecule has 152 valence electrons. The number of sulfone groups is 1. The van der Waals surface area contributed by atoms with Crippen LogP contribution in [-0.4, -0.2) is 80.4 Å². The number of carbonyl (C=O) groups excluding carboxylic acids is 1. The lowest BCUT2D eigenvalue weighted by molar-refractivity contribution is -0.145. The Morgan fingerprint density at radius 3 is 2.27 bits per heavy atom. The van der Waals surface area contributed by atoms with Crippen LogP contribution in [0.2, 0.25) is 0 Å². The van der Waals surface area contributed by atoms with Gasteiger partial charge in [-0.2, -0.15) is 0 Å². The Morgan fingerprint density at radius 2 is 1.88 bits per heavy atom. The molecule has 7 nitrogen and oxygen atoms in total. The van der Waals surface area contributed by atoms with Gasteiger partial charge in [-0.15, -0.1) is 24.0 Å². The Kier molecular flexibility index (Phi) is 7.40. The largest absolute Gasteiger partial charge is 0.356 e. The van der Waals surface area contributed by atoms with Crippen molar-refractivity contribution in [1.29, 1.82) is 0 Å². The molecule has 1 amide bonds. The van der Waals surface area contributed by atoms with Gasteiger partial charge in [0.25, 0.3) is 0 Å². The third kappa shape index (κ3) is 5.71. The van der Waals surface area contributed by atoms with Gasteiger partial charge < -0.3 is 15.1 Å². The van der Waals surface area contributed by atoms with E-state index < -0.39 is 9.84 Å². The van der Waals surface area contributed by atoms with Crippen molar-refractivity contribution >= 4 is 45.7 Å². The summed E-state index contributed by atoms with van der Waals surface area (Å²) in [5.41, 5.74) is -0.464. The van der Waals surface area contributed by atoms with Crippen LogP contribution in [0, 0.1) is 5.41 Å². The Bertz CT molecular complexity index is 657. The number of hydrogen-bond donors (Lipinski definition) is 1. The van der Waals surface area contributed by atoms with Gasteiger partial charge in [-0.05, 0) is 40.5 Å². The first-order chi connectivity index (χ1) is 11.4. The van der Waals surface area contributed by atoms with Crippen LogP contribution in [-0.2, 0) is 14.6 Å². The van der Waals surface area contributed by atoms with Crippen LogP contribution in [0.1, 0.15) is 40.5 Å². The summed E-state index contributed by atoms with van der Waals surface area (Å²) in [6.45, 7) is 9.75. The second-order valence-electron chi connectivity index (χ2n) is 8.50. The van der Waals surface area contributed by atoms with E-state index in [1.54, 1.807) is 7.05 Å². The Balaban J connectivity index is 0.00000338. The van der Waals surface area contributed by atoms with Gasteiger partial charge in [-0.25, -0.2) is 8.42 Å². The van der Waals surface area contributed by atoms with E-state index in [1.807, 2.05) is 23.6 Å². The van der Waals surface area contributed by atoms with Gasteiger partial charge in [0.15, 0.2) is 5.96 Å². The number of rotatable bonds is 5. The fourth-order valence-corrected chi connectivity index (χ4v) is 5.52. The molecular formula is C17H33IN4O3S. The number of amides is 1. The van der Waals surface area contributed by atoms with Gasteiger partial charge in [0.05, 0.1) is 17.8 Å². The smallest absolute Gasteiger partial charge is 0.242 e. The normalized spacial score (nSPS) is 22.3. The molecular weight excluding hydrogens is 467 g/mol. The van der Waals surface area contributed by atoms with E-state index in [-0.39, 0.29) is 52.6 Å². The molecule has 1 heterocycles. The maximum atomic E-state index is 12.6. The van der Waals surface area contributed by atoms with Gasteiger partial charge in [0, 0.05) is 37.8 Å². The van der Waals surface area contributed by atoms with E-state index >= 15 is 0 Å². The lowest BCUT2D eigenvalue weighted by Crippen LogP contribution is -2.66. The highest BCUT2D eigenvalue weighted by Crippen LogP contribution is 2.46. The molecule has 1 saturated heterocycles. The van der Waals surface area contributed by atoms with Gasteiger partial charge in [-0.3, -0.25) is 9.79 Å². The molecule has 1 N–H and O–H groups in total. The summed E-state index contributed by atoms with van der Waals surface area (Å²) >= 11 is 0. The molecule has 2 fully saturated rings. The molecule has 1 saturated carbocycles. The van der Waals surface area contributed by atoms with Gasteiger partial charge in [0.1, 0.15) is 9.84 Å². The second kappa shape index (κ2) is 8.20. The average Bonchev–Trinajstić information content (AvgIpc) is 3.14. The highest BCUT2D eigenvalue weighted by atomic mass is 127. The zero-order chi connectivity index (χ0) is 19.0. The standard InChI is InChI=1S/C17H32N4O3S.HI/c1-13(2)21-14(22)9-20(11-16(21,3)4)15(18-5)19-10-17(7-8-17)12-25(6,23)24;/h13H,7-12H2,1-6H3,(H,18,19);1H. The van der Waals surface area contributed by atoms with Crippen molar-refractivity contribution in [2.24, 2.45) is 10.4 Å². The number of nitrogens with zero attached hydrogens (tertiary/aromatic N) is 3. The van der Waals surface area contributed by atoms with Crippen LogP contribution in [0.4, 0.5) is 0 Å². The summed E-state index contributed by atoms with van der Waals surface area (Å²) in [4.78, 5) is 20.8.